The van der Waals surface area contributed by atoms with E-state index >= 15 is 0 Å². The van der Waals surface area contributed by atoms with Gasteiger partial charge in [-0.05, 0) is 38.5 Å². The van der Waals surface area contributed by atoms with Crippen LogP contribution in [0.3, 0.4) is 0 Å². The van der Waals surface area contributed by atoms with Gasteiger partial charge in [-0.2, -0.15) is 4.58 Å². The zero-order valence-corrected chi connectivity index (χ0v) is 14.6. The predicted molar refractivity (Wildman–Crippen MR) is 97.3 cm³/mol. The van der Waals surface area contributed by atoms with Crippen molar-refractivity contribution in [3.05, 3.63) is 65.8 Å². The molecule has 1 aromatic rings. The molecule has 1 atom stereocenters. The molecule has 0 spiro atoms. The molecule has 0 saturated carbocycles. The maximum Gasteiger partial charge on any atom is 0.211 e. The summed E-state index contributed by atoms with van der Waals surface area (Å²) in [5, 5.41) is 0. The van der Waals surface area contributed by atoms with Gasteiger partial charge in [-0.1, -0.05) is 36.9 Å². The molecule has 2 rings (SSSR count). The minimum atomic E-state index is 0.0959. The van der Waals surface area contributed by atoms with Crippen LogP contribution in [0.4, 0.5) is 5.69 Å². The van der Waals surface area contributed by atoms with Crippen molar-refractivity contribution in [2.75, 3.05) is 0 Å². The Balaban J connectivity index is 2.56. The Morgan fingerprint density at radius 1 is 1.18 bits per heavy atom. The van der Waals surface area contributed by atoms with E-state index < -0.39 is 0 Å². The van der Waals surface area contributed by atoms with Gasteiger partial charge in [-0.25, -0.2) is 0 Å². The third-order valence-electron chi connectivity index (χ3n) is 4.55. The second-order valence-electron chi connectivity index (χ2n) is 7.00. The van der Waals surface area contributed by atoms with Gasteiger partial charge in [0.05, 0.1) is 5.92 Å². The number of benzene rings is 1. The van der Waals surface area contributed by atoms with Crippen molar-refractivity contribution >= 4 is 11.9 Å². The summed E-state index contributed by atoms with van der Waals surface area (Å²) in [7, 11) is 0. The number of allylic oxidation sites excluding steroid dienone is 4. The topological polar surface area (TPSA) is 3.01 Å². The smallest absolute Gasteiger partial charge is 0.197 e. The Labute approximate surface area is 135 Å². The summed E-state index contributed by atoms with van der Waals surface area (Å²) in [5.74, 6) is 0.394. The van der Waals surface area contributed by atoms with Crippen molar-refractivity contribution in [3.8, 4) is 0 Å². The Morgan fingerprint density at radius 3 is 2.27 bits per heavy atom. The molecular formula is C21H28N+. The van der Waals surface area contributed by atoms with E-state index in [2.05, 4.69) is 76.8 Å². The Hall–Kier alpha value is -1.89. The molecule has 0 aromatic heterocycles. The van der Waals surface area contributed by atoms with Gasteiger partial charge in [-0.15, -0.1) is 0 Å². The quantitative estimate of drug-likeness (QED) is 0.515. The molecule has 1 aromatic carbocycles. The van der Waals surface area contributed by atoms with E-state index in [1.807, 2.05) is 12.2 Å². The number of aryl methyl sites for hydroxylation is 3. The van der Waals surface area contributed by atoms with Crippen molar-refractivity contribution in [2.24, 2.45) is 5.92 Å². The molecular weight excluding hydrogens is 266 g/mol. The first kappa shape index (κ1) is 16.5. The molecule has 1 nitrogen and oxygen atoms in total. The Kier molecular flexibility index (Phi) is 4.55. The van der Waals surface area contributed by atoms with Crippen LogP contribution in [0.15, 0.2) is 49.1 Å². The SMILES string of the molecule is C=C/C=C(\C=C)C1C=[N+](c2c(C)cc(C)cc2C)C(C)(C)C1. The van der Waals surface area contributed by atoms with E-state index in [1.54, 1.807) is 0 Å². The molecule has 22 heavy (non-hydrogen) atoms. The minimum absolute atomic E-state index is 0.0959. The molecule has 0 N–H and O–H groups in total. The van der Waals surface area contributed by atoms with Gasteiger partial charge < -0.3 is 0 Å². The lowest BCUT2D eigenvalue weighted by atomic mass is 9.89. The first-order valence-electron chi connectivity index (χ1n) is 7.97. The normalized spacial score (nSPS) is 20.7. The maximum atomic E-state index is 3.96. The highest BCUT2D eigenvalue weighted by atomic mass is 15.1. The van der Waals surface area contributed by atoms with Crippen molar-refractivity contribution in [1.29, 1.82) is 0 Å². The highest BCUT2D eigenvalue weighted by Crippen LogP contribution is 2.38. The van der Waals surface area contributed by atoms with Gasteiger partial charge in [0.15, 0.2) is 11.8 Å². The first-order chi connectivity index (χ1) is 10.3. The average Bonchev–Trinajstić information content (AvgIpc) is 2.71. The monoisotopic (exact) mass is 294 g/mol. The highest BCUT2D eigenvalue weighted by molar-refractivity contribution is 5.67. The average molecular weight is 294 g/mol. The molecule has 1 aliphatic heterocycles. The molecule has 0 radical (unpaired) electrons. The summed E-state index contributed by atoms with van der Waals surface area (Å²) in [5.41, 5.74) is 6.70. The second-order valence-corrected chi connectivity index (χ2v) is 7.00. The van der Waals surface area contributed by atoms with E-state index in [0.29, 0.717) is 5.92 Å². The van der Waals surface area contributed by atoms with E-state index in [4.69, 9.17) is 0 Å². The third-order valence-corrected chi connectivity index (χ3v) is 4.55. The van der Waals surface area contributed by atoms with Gasteiger partial charge in [-0.3, -0.25) is 0 Å². The van der Waals surface area contributed by atoms with Gasteiger partial charge in [0.2, 0.25) is 5.69 Å². The van der Waals surface area contributed by atoms with Crippen molar-refractivity contribution in [3.63, 3.8) is 0 Å². The molecule has 0 bridgehead atoms. The molecule has 1 heteroatoms. The molecule has 1 unspecified atom stereocenters. The molecule has 0 amide bonds. The van der Waals surface area contributed by atoms with Gasteiger partial charge in [0, 0.05) is 31.4 Å². The number of hydrogen-bond acceptors (Lipinski definition) is 0. The third kappa shape index (κ3) is 2.99. The summed E-state index contributed by atoms with van der Waals surface area (Å²) < 4.78 is 2.46. The summed E-state index contributed by atoms with van der Waals surface area (Å²) >= 11 is 0. The largest absolute Gasteiger partial charge is 0.211 e. The van der Waals surface area contributed by atoms with Crippen LogP contribution < -0.4 is 0 Å². The number of nitrogens with zero attached hydrogens (tertiary/aromatic N) is 1. The van der Waals surface area contributed by atoms with Crippen LogP contribution >= 0.6 is 0 Å². The lowest BCUT2D eigenvalue weighted by Crippen LogP contribution is -2.29. The van der Waals surface area contributed by atoms with Gasteiger partial charge >= 0.3 is 0 Å². The summed E-state index contributed by atoms with van der Waals surface area (Å²) in [6.45, 7) is 19.0. The van der Waals surface area contributed by atoms with Crippen LogP contribution in [0, 0.1) is 26.7 Å². The van der Waals surface area contributed by atoms with Crippen LogP contribution in [0.5, 0.6) is 0 Å². The second kappa shape index (κ2) is 6.08. The molecule has 1 heterocycles. The molecule has 1 aliphatic rings. The molecule has 0 aliphatic carbocycles. The number of hydrogen-bond donors (Lipinski definition) is 0. The van der Waals surface area contributed by atoms with Crippen LogP contribution in [0.1, 0.15) is 37.0 Å². The van der Waals surface area contributed by atoms with Crippen LogP contribution in [0.2, 0.25) is 0 Å². The Bertz CT molecular complexity index is 648. The predicted octanol–water partition coefficient (Wildman–Crippen LogP) is 5.42. The minimum Gasteiger partial charge on any atom is -0.197 e. The van der Waals surface area contributed by atoms with Gasteiger partial charge in [0.1, 0.15) is 0 Å². The maximum absolute atomic E-state index is 3.96. The fraction of sp³-hybridized carbons (Fsp3) is 0.381. The Morgan fingerprint density at radius 2 is 1.77 bits per heavy atom. The van der Waals surface area contributed by atoms with E-state index in [1.165, 1.54) is 28.0 Å². The number of rotatable bonds is 4. The van der Waals surface area contributed by atoms with E-state index in [9.17, 15) is 0 Å². The molecule has 116 valence electrons. The van der Waals surface area contributed by atoms with Crippen molar-refractivity contribution < 1.29 is 4.58 Å². The molecule has 0 fully saturated rings. The van der Waals surface area contributed by atoms with E-state index in [-0.39, 0.29) is 5.54 Å². The van der Waals surface area contributed by atoms with E-state index in [0.717, 1.165) is 6.42 Å². The summed E-state index contributed by atoms with van der Waals surface area (Å²) in [6.07, 6.45) is 9.33. The van der Waals surface area contributed by atoms with Crippen LogP contribution in [0.25, 0.3) is 0 Å². The van der Waals surface area contributed by atoms with Crippen molar-refractivity contribution in [1.82, 2.24) is 0 Å². The lowest BCUT2D eigenvalue weighted by molar-refractivity contribution is -0.512. The zero-order chi connectivity index (χ0) is 16.5. The highest BCUT2D eigenvalue weighted by Gasteiger charge is 2.43. The standard InChI is InChI=1S/C21H28N/c1-8-10-18(9-2)19-13-21(6,7)22(14-19)20-16(4)11-15(3)12-17(20)5/h8-12,14,19H,1-2,13H2,3-7H3/q+1/b18-10+. The zero-order valence-electron chi connectivity index (χ0n) is 14.6. The summed E-state index contributed by atoms with van der Waals surface area (Å²) in [4.78, 5) is 0. The van der Waals surface area contributed by atoms with Crippen LogP contribution in [-0.4, -0.2) is 16.3 Å². The first-order valence-corrected chi connectivity index (χ1v) is 7.97. The fourth-order valence-corrected chi connectivity index (χ4v) is 3.68. The molecule has 0 saturated heterocycles. The fourth-order valence-electron chi connectivity index (χ4n) is 3.68. The van der Waals surface area contributed by atoms with Crippen LogP contribution in [-0.2, 0) is 0 Å². The van der Waals surface area contributed by atoms with Crippen molar-refractivity contribution in [2.45, 2.75) is 46.6 Å². The van der Waals surface area contributed by atoms with Gasteiger partial charge in [0.25, 0.3) is 0 Å². The lowest BCUT2D eigenvalue weighted by Gasteiger charge is -2.20. The summed E-state index contributed by atoms with van der Waals surface area (Å²) in [6, 6.07) is 4.54.